The molecule has 0 spiro atoms. The molecule has 0 saturated heterocycles. The second-order valence-corrected chi connectivity index (χ2v) is 3.40. The predicted molar refractivity (Wildman–Crippen MR) is 52.6 cm³/mol. The van der Waals surface area contributed by atoms with Crippen molar-refractivity contribution in [1.29, 1.82) is 0 Å². The maximum Gasteiger partial charge on any atom is 0.278 e. The Morgan fingerprint density at radius 2 is 1.85 bits per heavy atom. The zero-order valence-electron chi connectivity index (χ0n) is 6.34. The van der Waals surface area contributed by atoms with Gasteiger partial charge in [-0.2, -0.15) is 0 Å². The molecule has 70 valence electrons. The summed E-state index contributed by atoms with van der Waals surface area (Å²) < 4.78 is 4.96. The number of carbonyl (C=O) groups excluding carboxylic acids is 1. The maximum absolute atomic E-state index is 10.5. The number of alkyl halides is 1. The second kappa shape index (κ2) is 4.70. The van der Waals surface area contributed by atoms with Gasteiger partial charge in [0, 0.05) is 5.02 Å². The average Bonchev–Trinajstić information content (AvgIpc) is 2.08. The van der Waals surface area contributed by atoms with Crippen molar-refractivity contribution in [3.63, 3.8) is 0 Å². The Morgan fingerprint density at radius 1 is 1.31 bits per heavy atom. The first-order valence-electron chi connectivity index (χ1n) is 3.35. The summed E-state index contributed by atoms with van der Waals surface area (Å²) in [5.41, 5.74) is -1.16. The van der Waals surface area contributed by atoms with E-state index < -0.39 is 10.8 Å². The molecule has 0 fully saturated rings. The molecule has 0 aromatic heterocycles. The van der Waals surface area contributed by atoms with Crippen molar-refractivity contribution in [2.24, 2.45) is 0 Å². The summed E-state index contributed by atoms with van der Waals surface area (Å²) in [5.74, 6) is 0.443. The predicted octanol–water partition coefficient (Wildman–Crippen LogP) is 3.05. The fourth-order valence-corrected chi connectivity index (χ4v) is 0.952. The fraction of sp³-hybridized carbons (Fsp3) is 0.125. The van der Waals surface area contributed by atoms with Crippen LogP contribution in [0.25, 0.3) is 0 Å². The summed E-state index contributed by atoms with van der Waals surface area (Å²) in [6.45, 7) is 0. The van der Waals surface area contributed by atoms with Crippen LogP contribution in [0.2, 0.25) is 5.02 Å². The Bertz CT molecular complexity index is 297. The molecule has 0 N–H and O–H groups in total. The lowest BCUT2D eigenvalue weighted by molar-refractivity contribution is -0.114. The summed E-state index contributed by atoms with van der Waals surface area (Å²) >= 11 is 16.2. The van der Waals surface area contributed by atoms with Crippen LogP contribution in [0.4, 0.5) is 0 Å². The summed E-state index contributed by atoms with van der Waals surface area (Å²) in [6.07, 6.45) is 0. The first-order chi connectivity index (χ1) is 6.09. The van der Waals surface area contributed by atoms with Crippen molar-refractivity contribution in [2.45, 2.75) is 5.56 Å². The lowest BCUT2D eigenvalue weighted by Gasteiger charge is -2.07. The van der Waals surface area contributed by atoms with E-state index in [9.17, 15) is 4.79 Å². The zero-order valence-corrected chi connectivity index (χ0v) is 8.60. The average molecular weight is 239 g/mol. The van der Waals surface area contributed by atoms with Gasteiger partial charge in [-0.05, 0) is 35.9 Å². The first kappa shape index (κ1) is 10.6. The van der Waals surface area contributed by atoms with Gasteiger partial charge in [0.25, 0.3) is 5.24 Å². The van der Waals surface area contributed by atoms with Crippen molar-refractivity contribution >= 4 is 40.0 Å². The van der Waals surface area contributed by atoms with Crippen LogP contribution in [-0.4, -0.2) is 10.8 Å². The van der Waals surface area contributed by atoms with Gasteiger partial charge in [0.05, 0.1) is 0 Å². The van der Waals surface area contributed by atoms with Crippen molar-refractivity contribution in [2.75, 3.05) is 0 Å². The van der Waals surface area contributed by atoms with Crippen molar-refractivity contribution in [3.05, 3.63) is 29.3 Å². The first-order valence-corrected chi connectivity index (χ1v) is 4.54. The topological polar surface area (TPSA) is 26.3 Å². The zero-order chi connectivity index (χ0) is 9.84. The lowest BCUT2D eigenvalue weighted by Crippen LogP contribution is -2.15. The van der Waals surface area contributed by atoms with Gasteiger partial charge in [-0.15, -0.1) is 0 Å². The van der Waals surface area contributed by atoms with Gasteiger partial charge in [-0.3, -0.25) is 4.79 Å². The highest BCUT2D eigenvalue weighted by Gasteiger charge is 2.13. The van der Waals surface area contributed by atoms with Gasteiger partial charge < -0.3 is 4.74 Å². The van der Waals surface area contributed by atoms with Crippen molar-refractivity contribution in [3.8, 4) is 5.75 Å². The monoisotopic (exact) mass is 238 g/mol. The van der Waals surface area contributed by atoms with E-state index >= 15 is 0 Å². The van der Waals surface area contributed by atoms with E-state index in [1.54, 1.807) is 24.3 Å². The molecule has 1 aromatic carbocycles. The number of ether oxygens (including phenoxy) is 1. The molecule has 0 radical (unpaired) electrons. The van der Waals surface area contributed by atoms with Crippen LogP contribution in [0.5, 0.6) is 5.75 Å². The van der Waals surface area contributed by atoms with Gasteiger partial charge in [-0.25, -0.2) is 0 Å². The number of hydrogen-bond donors (Lipinski definition) is 0. The van der Waals surface area contributed by atoms with Crippen molar-refractivity contribution in [1.82, 2.24) is 0 Å². The Kier molecular flexibility index (Phi) is 3.85. The van der Waals surface area contributed by atoms with Crippen LogP contribution < -0.4 is 4.74 Å². The molecule has 1 atom stereocenters. The molecule has 2 nitrogen and oxygen atoms in total. The molecule has 1 aromatic rings. The molecule has 13 heavy (non-hydrogen) atoms. The van der Waals surface area contributed by atoms with Gasteiger partial charge >= 0.3 is 0 Å². The minimum atomic E-state index is -1.16. The van der Waals surface area contributed by atoms with Gasteiger partial charge in [-0.1, -0.05) is 23.2 Å². The van der Waals surface area contributed by atoms with Crippen LogP contribution in [0, 0.1) is 0 Å². The van der Waals surface area contributed by atoms with Crippen LogP contribution in [-0.2, 0) is 4.79 Å². The highest BCUT2D eigenvalue weighted by molar-refractivity contribution is 6.68. The summed E-state index contributed by atoms with van der Waals surface area (Å²) in [6, 6.07) is 6.44. The van der Waals surface area contributed by atoms with Crippen LogP contribution in [0.15, 0.2) is 24.3 Å². The van der Waals surface area contributed by atoms with E-state index in [2.05, 4.69) is 0 Å². The SMILES string of the molecule is O=C(Cl)C(Cl)Oc1ccc(Cl)cc1. The number of carbonyl (C=O) groups is 1. The van der Waals surface area contributed by atoms with Crippen LogP contribution in [0.3, 0.4) is 0 Å². The smallest absolute Gasteiger partial charge is 0.278 e. The molecular formula is C8H5Cl3O2. The Labute approximate surface area is 90.3 Å². The molecule has 0 saturated carbocycles. The normalized spacial score (nSPS) is 12.2. The highest BCUT2D eigenvalue weighted by Crippen LogP contribution is 2.18. The molecule has 0 aliphatic carbocycles. The molecule has 0 heterocycles. The molecule has 1 rings (SSSR count). The number of rotatable bonds is 3. The molecule has 0 amide bonds. The van der Waals surface area contributed by atoms with Gasteiger partial charge in [0.1, 0.15) is 5.75 Å². The lowest BCUT2D eigenvalue weighted by atomic mass is 10.3. The largest absolute Gasteiger partial charge is 0.466 e. The molecule has 1 unspecified atom stereocenters. The quantitative estimate of drug-likeness (QED) is 0.598. The Balaban J connectivity index is 2.64. The van der Waals surface area contributed by atoms with Crippen LogP contribution in [0.1, 0.15) is 0 Å². The van der Waals surface area contributed by atoms with Gasteiger partial charge in [0.2, 0.25) is 5.56 Å². The van der Waals surface area contributed by atoms with E-state index in [-0.39, 0.29) is 0 Å². The number of hydrogen-bond acceptors (Lipinski definition) is 2. The van der Waals surface area contributed by atoms with E-state index in [0.717, 1.165) is 0 Å². The van der Waals surface area contributed by atoms with E-state index in [1.807, 2.05) is 0 Å². The van der Waals surface area contributed by atoms with E-state index in [0.29, 0.717) is 10.8 Å². The van der Waals surface area contributed by atoms with Gasteiger partial charge in [0.15, 0.2) is 0 Å². The van der Waals surface area contributed by atoms with E-state index in [4.69, 9.17) is 39.5 Å². The maximum atomic E-state index is 10.5. The molecule has 0 aliphatic rings. The molecule has 0 bridgehead atoms. The third-order valence-corrected chi connectivity index (χ3v) is 2.08. The summed E-state index contributed by atoms with van der Waals surface area (Å²) in [7, 11) is 0. The second-order valence-electron chi connectivity index (χ2n) is 2.19. The standard InChI is InChI=1S/C8H5Cl3O2/c9-5-1-3-6(4-2-5)13-8(11)7(10)12/h1-4,8H. The third kappa shape index (κ3) is 3.43. The summed E-state index contributed by atoms with van der Waals surface area (Å²) in [5, 5.41) is -0.174. The number of halogens is 3. The minimum Gasteiger partial charge on any atom is -0.466 e. The Morgan fingerprint density at radius 3 is 2.31 bits per heavy atom. The fourth-order valence-electron chi connectivity index (χ4n) is 0.679. The van der Waals surface area contributed by atoms with Crippen LogP contribution >= 0.6 is 34.8 Å². The van der Waals surface area contributed by atoms with E-state index in [1.165, 1.54) is 0 Å². The number of benzene rings is 1. The highest BCUT2D eigenvalue weighted by atomic mass is 35.5. The van der Waals surface area contributed by atoms with Crippen molar-refractivity contribution < 1.29 is 9.53 Å². The minimum absolute atomic E-state index is 0.443. The molecule has 5 heteroatoms. The Hall–Kier alpha value is -0.440. The summed E-state index contributed by atoms with van der Waals surface area (Å²) in [4.78, 5) is 10.5. The molecular weight excluding hydrogens is 234 g/mol. The third-order valence-electron chi connectivity index (χ3n) is 1.23. The molecule has 0 aliphatic heterocycles.